The Labute approximate surface area is 154 Å². The van der Waals surface area contributed by atoms with E-state index in [1.807, 2.05) is 29.2 Å². The van der Waals surface area contributed by atoms with Gasteiger partial charge >= 0.3 is 0 Å². The van der Waals surface area contributed by atoms with Gasteiger partial charge in [-0.15, -0.1) is 0 Å². The number of nitrogens with two attached hydrogens (primary N) is 1. The quantitative estimate of drug-likeness (QED) is 0.747. The first-order valence-electron chi connectivity index (χ1n) is 8.96. The number of nitrogens with zero attached hydrogens (tertiary/aromatic N) is 1. The predicted octanol–water partition coefficient (Wildman–Crippen LogP) is 3.63. The van der Waals surface area contributed by atoms with E-state index in [9.17, 15) is 9.59 Å². The number of hydrogen-bond donors (Lipinski definition) is 1. The summed E-state index contributed by atoms with van der Waals surface area (Å²) in [6, 6.07) is 14.3. The highest BCUT2D eigenvalue weighted by atomic mass is 16.5. The Hall–Kier alpha value is -2.82. The number of para-hydroxylation sites is 1. The fraction of sp³-hybridized carbons (Fsp3) is 0.333. The van der Waals surface area contributed by atoms with Crippen molar-refractivity contribution < 1.29 is 14.3 Å². The molecule has 0 aliphatic rings. The molecule has 0 radical (unpaired) electrons. The minimum Gasteiger partial charge on any atom is -0.488 e. The lowest BCUT2D eigenvalue weighted by Gasteiger charge is -2.21. The van der Waals surface area contributed by atoms with Crippen LogP contribution >= 0.6 is 0 Å². The van der Waals surface area contributed by atoms with E-state index in [4.69, 9.17) is 10.5 Å². The molecule has 0 fully saturated rings. The SMILES string of the molecule is CCCN(CCC)C(=O)c1cccc(COc2ccccc2C(N)=O)c1. The van der Waals surface area contributed by atoms with Gasteiger partial charge in [0, 0.05) is 18.7 Å². The second-order valence-corrected chi connectivity index (χ2v) is 6.14. The molecular weight excluding hydrogens is 328 g/mol. The second-order valence-electron chi connectivity index (χ2n) is 6.14. The standard InChI is InChI=1S/C21H26N2O3/c1-3-12-23(13-4-2)21(25)17-9-7-8-16(14-17)15-26-19-11-6-5-10-18(19)20(22)24/h5-11,14H,3-4,12-13,15H2,1-2H3,(H2,22,24). The van der Waals surface area contributed by atoms with Crippen LogP contribution in [0.2, 0.25) is 0 Å². The van der Waals surface area contributed by atoms with Crippen LogP contribution in [0.3, 0.4) is 0 Å². The molecule has 0 spiro atoms. The molecule has 0 aliphatic heterocycles. The molecule has 26 heavy (non-hydrogen) atoms. The van der Waals surface area contributed by atoms with Crippen molar-refractivity contribution in [2.24, 2.45) is 5.73 Å². The van der Waals surface area contributed by atoms with Crippen LogP contribution in [-0.2, 0) is 6.61 Å². The monoisotopic (exact) mass is 354 g/mol. The summed E-state index contributed by atoms with van der Waals surface area (Å²) in [5.41, 5.74) is 7.23. The molecule has 0 aromatic heterocycles. The largest absolute Gasteiger partial charge is 0.488 e. The van der Waals surface area contributed by atoms with E-state index in [-0.39, 0.29) is 12.5 Å². The van der Waals surface area contributed by atoms with Gasteiger partial charge in [0.1, 0.15) is 12.4 Å². The zero-order valence-corrected chi connectivity index (χ0v) is 15.4. The topological polar surface area (TPSA) is 72.6 Å². The van der Waals surface area contributed by atoms with E-state index in [1.165, 1.54) is 0 Å². The van der Waals surface area contributed by atoms with Gasteiger partial charge in [0.15, 0.2) is 0 Å². The van der Waals surface area contributed by atoms with Crippen molar-refractivity contribution in [3.63, 3.8) is 0 Å². The van der Waals surface area contributed by atoms with Crippen molar-refractivity contribution in [3.05, 3.63) is 65.2 Å². The minimum absolute atomic E-state index is 0.0353. The summed E-state index contributed by atoms with van der Waals surface area (Å²) in [4.78, 5) is 26.1. The molecule has 0 saturated carbocycles. The summed E-state index contributed by atoms with van der Waals surface area (Å²) < 4.78 is 5.75. The smallest absolute Gasteiger partial charge is 0.253 e. The van der Waals surface area contributed by atoms with Crippen LogP contribution in [-0.4, -0.2) is 29.8 Å². The summed E-state index contributed by atoms with van der Waals surface area (Å²) in [7, 11) is 0. The van der Waals surface area contributed by atoms with Gasteiger partial charge in [-0.1, -0.05) is 38.1 Å². The Morgan fingerprint density at radius 3 is 2.35 bits per heavy atom. The molecule has 0 saturated heterocycles. The summed E-state index contributed by atoms with van der Waals surface area (Å²) in [6.45, 7) is 5.89. The first-order valence-corrected chi connectivity index (χ1v) is 8.96. The molecule has 0 unspecified atom stereocenters. The van der Waals surface area contributed by atoms with Gasteiger partial charge < -0.3 is 15.4 Å². The maximum Gasteiger partial charge on any atom is 0.253 e. The highest BCUT2D eigenvalue weighted by molar-refractivity contribution is 5.95. The number of carbonyl (C=O) groups is 2. The van der Waals surface area contributed by atoms with E-state index < -0.39 is 5.91 Å². The first kappa shape index (κ1) is 19.5. The number of carbonyl (C=O) groups excluding carboxylic acids is 2. The molecular formula is C21H26N2O3. The molecule has 2 amide bonds. The van der Waals surface area contributed by atoms with Crippen molar-refractivity contribution in [1.29, 1.82) is 0 Å². The molecule has 0 bridgehead atoms. The lowest BCUT2D eigenvalue weighted by Crippen LogP contribution is -2.32. The zero-order chi connectivity index (χ0) is 18.9. The average molecular weight is 354 g/mol. The Balaban J connectivity index is 2.12. The van der Waals surface area contributed by atoms with E-state index in [1.54, 1.807) is 24.3 Å². The summed E-state index contributed by atoms with van der Waals surface area (Å²) in [6.07, 6.45) is 1.86. The molecule has 2 rings (SSSR count). The van der Waals surface area contributed by atoms with Gasteiger partial charge in [0.2, 0.25) is 0 Å². The summed E-state index contributed by atoms with van der Waals surface area (Å²) in [5, 5.41) is 0. The molecule has 0 heterocycles. The molecule has 0 aliphatic carbocycles. The average Bonchev–Trinajstić information content (AvgIpc) is 2.66. The molecule has 2 aromatic rings. The number of amides is 2. The Kier molecular flexibility index (Phi) is 7.21. The summed E-state index contributed by atoms with van der Waals surface area (Å²) >= 11 is 0. The van der Waals surface area contributed by atoms with Gasteiger partial charge in [0.25, 0.3) is 11.8 Å². The van der Waals surface area contributed by atoms with Crippen LogP contribution in [0.5, 0.6) is 5.75 Å². The van der Waals surface area contributed by atoms with Gasteiger partial charge in [-0.2, -0.15) is 0 Å². The Morgan fingerprint density at radius 1 is 1.00 bits per heavy atom. The van der Waals surface area contributed by atoms with Crippen LogP contribution < -0.4 is 10.5 Å². The van der Waals surface area contributed by atoms with Crippen LogP contribution in [0, 0.1) is 0 Å². The van der Waals surface area contributed by atoms with Crippen molar-refractivity contribution in [2.45, 2.75) is 33.3 Å². The van der Waals surface area contributed by atoms with E-state index in [0.29, 0.717) is 16.9 Å². The van der Waals surface area contributed by atoms with E-state index >= 15 is 0 Å². The highest BCUT2D eigenvalue weighted by Gasteiger charge is 2.15. The number of primary amides is 1. The fourth-order valence-corrected chi connectivity index (χ4v) is 2.79. The van der Waals surface area contributed by atoms with Crippen molar-refractivity contribution in [2.75, 3.05) is 13.1 Å². The third-order valence-electron chi connectivity index (χ3n) is 4.00. The molecule has 2 aromatic carbocycles. The maximum absolute atomic E-state index is 12.7. The van der Waals surface area contributed by atoms with Crippen LogP contribution in [0.25, 0.3) is 0 Å². The van der Waals surface area contributed by atoms with Gasteiger partial charge in [0.05, 0.1) is 5.56 Å². The minimum atomic E-state index is -0.528. The molecule has 5 nitrogen and oxygen atoms in total. The van der Waals surface area contributed by atoms with Crippen LogP contribution in [0.4, 0.5) is 0 Å². The lowest BCUT2D eigenvalue weighted by atomic mass is 10.1. The first-order chi connectivity index (χ1) is 12.6. The van der Waals surface area contributed by atoms with E-state index in [2.05, 4.69) is 13.8 Å². The molecule has 5 heteroatoms. The van der Waals surface area contributed by atoms with Crippen molar-refractivity contribution in [3.8, 4) is 5.75 Å². The van der Waals surface area contributed by atoms with Crippen LogP contribution in [0.15, 0.2) is 48.5 Å². The predicted molar refractivity (Wildman–Crippen MR) is 102 cm³/mol. The molecule has 138 valence electrons. The molecule has 0 atom stereocenters. The maximum atomic E-state index is 12.7. The van der Waals surface area contributed by atoms with Crippen molar-refractivity contribution in [1.82, 2.24) is 4.90 Å². The van der Waals surface area contributed by atoms with Gasteiger partial charge in [-0.05, 0) is 42.7 Å². The van der Waals surface area contributed by atoms with Gasteiger partial charge in [-0.25, -0.2) is 0 Å². The van der Waals surface area contributed by atoms with Crippen LogP contribution in [0.1, 0.15) is 53.0 Å². The van der Waals surface area contributed by atoms with Crippen molar-refractivity contribution >= 4 is 11.8 Å². The Bertz CT molecular complexity index is 752. The number of hydrogen-bond acceptors (Lipinski definition) is 3. The Morgan fingerprint density at radius 2 is 1.69 bits per heavy atom. The summed E-state index contributed by atoms with van der Waals surface area (Å²) in [5.74, 6) is -0.0530. The number of ether oxygens (including phenoxy) is 1. The van der Waals surface area contributed by atoms with E-state index in [0.717, 1.165) is 31.5 Å². The van der Waals surface area contributed by atoms with Gasteiger partial charge in [-0.3, -0.25) is 9.59 Å². The number of benzene rings is 2. The normalized spacial score (nSPS) is 10.4. The lowest BCUT2D eigenvalue weighted by molar-refractivity contribution is 0.0755. The highest BCUT2D eigenvalue weighted by Crippen LogP contribution is 2.19. The zero-order valence-electron chi connectivity index (χ0n) is 15.4. The molecule has 2 N–H and O–H groups in total. The second kappa shape index (κ2) is 9.61. The fourth-order valence-electron chi connectivity index (χ4n) is 2.79. The third-order valence-corrected chi connectivity index (χ3v) is 4.00. The third kappa shape index (κ3) is 5.09. The number of rotatable bonds is 9.